The Balaban J connectivity index is 2.20. The van der Waals surface area contributed by atoms with Crippen molar-refractivity contribution in [2.45, 2.75) is 19.4 Å². The zero-order chi connectivity index (χ0) is 10.1. The summed E-state index contributed by atoms with van der Waals surface area (Å²) in [6, 6.07) is 0.249. The van der Waals surface area contributed by atoms with E-state index in [-0.39, 0.29) is 17.7 Å². The van der Waals surface area contributed by atoms with Crippen molar-refractivity contribution in [3.63, 3.8) is 0 Å². The van der Waals surface area contributed by atoms with Crippen LogP contribution >= 0.6 is 0 Å². The molecular formula is C9H14N4O. The number of hydrogen-bond donors (Lipinski definition) is 1. The van der Waals surface area contributed by atoms with Gasteiger partial charge in [-0.1, -0.05) is 0 Å². The number of carbonyl (C=O) groups is 1. The minimum Gasteiger partial charge on any atom is -0.313 e. The van der Waals surface area contributed by atoms with Gasteiger partial charge in [-0.2, -0.15) is 5.10 Å². The normalized spacial score (nSPS) is 26.7. The minimum atomic E-state index is 0.0536. The van der Waals surface area contributed by atoms with E-state index in [2.05, 4.69) is 15.4 Å². The van der Waals surface area contributed by atoms with Crippen LogP contribution in [0.15, 0.2) is 6.33 Å². The van der Waals surface area contributed by atoms with E-state index in [4.69, 9.17) is 0 Å². The van der Waals surface area contributed by atoms with E-state index in [9.17, 15) is 4.79 Å². The van der Waals surface area contributed by atoms with Gasteiger partial charge in [0.15, 0.2) is 5.82 Å². The lowest BCUT2D eigenvalue weighted by Gasteiger charge is -2.12. The van der Waals surface area contributed by atoms with Crippen LogP contribution in [0.2, 0.25) is 0 Å². The summed E-state index contributed by atoms with van der Waals surface area (Å²) in [5.41, 5.74) is 0. The van der Waals surface area contributed by atoms with Crippen LogP contribution in [-0.4, -0.2) is 33.1 Å². The Bertz CT molecular complexity index is 346. The van der Waals surface area contributed by atoms with Crippen LogP contribution < -0.4 is 5.32 Å². The van der Waals surface area contributed by atoms with Gasteiger partial charge in [-0.15, -0.1) is 0 Å². The van der Waals surface area contributed by atoms with Crippen molar-refractivity contribution in [1.82, 2.24) is 20.1 Å². The average Bonchev–Trinajstić information content (AvgIpc) is 2.73. The maximum absolute atomic E-state index is 12.0. The Morgan fingerprint density at radius 1 is 1.71 bits per heavy atom. The number of nitrogens with one attached hydrogen (secondary N) is 1. The van der Waals surface area contributed by atoms with Gasteiger partial charge in [0.25, 0.3) is 0 Å². The number of ketones is 1. The molecule has 1 N–H and O–H groups in total. The fourth-order valence-electron chi connectivity index (χ4n) is 1.90. The Kier molecular flexibility index (Phi) is 2.33. The van der Waals surface area contributed by atoms with Gasteiger partial charge in [-0.05, 0) is 19.9 Å². The van der Waals surface area contributed by atoms with E-state index in [1.54, 1.807) is 7.05 Å². The molecule has 76 valence electrons. The number of rotatable bonds is 2. The number of nitrogens with zero attached hydrogens (tertiary/aromatic N) is 3. The van der Waals surface area contributed by atoms with Crippen molar-refractivity contribution >= 4 is 5.78 Å². The van der Waals surface area contributed by atoms with Gasteiger partial charge in [0.2, 0.25) is 5.78 Å². The van der Waals surface area contributed by atoms with Crippen molar-refractivity contribution < 1.29 is 4.79 Å². The Labute approximate surface area is 82.5 Å². The fraction of sp³-hybridized carbons (Fsp3) is 0.667. The molecule has 1 aromatic rings. The van der Waals surface area contributed by atoms with E-state index < -0.39 is 0 Å². The molecule has 5 heteroatoms. The second-order valence-corrected chi connectivity index (χ2v) is 3.71. The number of carbonyl (C=O) groups excluding carboxylic acids is 1. The third kappa shape index (κ3) is 1.43. The Morgan fingerprint density at radius 2 is 2.50 bits per heavy atom. The van der Waals surface area contributed by atoms with Gasteiger partial charge < -0.3 is 5.32 Å². The maximum Gasteiger partial charge on any atom is 0.204 e. The van der Waals surface area contributed by atoms with E-state index in [0.717, 1.165) is 13.0 Å². The van der Waals surface area contributed by atoms with Crippen LogP contribution in [0.3, 0.4) is 0 Å². The zero-order valence-electron chi connectivity index (χ0n) is 8.40. The molecule has 0 radical (unpaired) electrons. The maximum atomic E-state index is 12.0. The number of Topliss-reactive ketones (excluding diaryl/α,β-unsaturated/α-hetero) is 1. The fourth-order valence-corrected chi connectivity index (χ4v) is 1.90. The highest BCUT2D eigenvalue weighted by Gasteiger charge is 2.32. The van der Waals surface area contributed by atoms with E-state index in [1.165, 1.54) is 11.0 Å². The first-order chi connectivity index (χ1) is 6.70. The highest BCUT2D eigenvalue weighted by atomic mass is 16.1. The summed E-state index contributed by atoms with van der Waals surface area (Å²) in [7, 11) is 1.74. The van der Waals surface area contributed by atoms with Crippen molar-refractivity contribution in [3.05, 3.63) is 12.2 Å². The van der Waals surface area contributed by atoms with Crippen molar-refractivity contribution in [2.24, 2.45) is 13.0 Å². The standard InChI is InChI=1S/C9H14N4O/c1-6-7(3-4-10-6)8(14)9-11-5-12-13(9)2/h5-7,10H,3-4H2,1-2H3. The predicted molar refractivity (Wildman–Crippen MR) is 50.9 cm³/mol. The van der Waals surface area contributed by atoms with Crippen molar-refractivity contribution in [3.8, 4) is 0 Å². The largest absolute Gasteiger partial charge is 0.313 e. The summed E-state index contributed by atoms with van der Waals surface area (Å²) in [5.74, 6) is 0.617. The first kappa shape index (κ1) is 9.33. The first-order valence-electron chi connectivity index (χ1n) is 4.81. The van der Waals surface area contributed by atoms with Gasteiger partial charge >= 0.3 is 0 Å². The molecule has 1 saturated heterocycles. The molecule has 1 fully saturated rings. The highest BCUT2D eigenvalue weighted by Crippen LogP contribution is 2.19. The minimum absolute atomic E-state index is 0.0536. The summed E-state index contributed by atoms with van der Waals surface area (Å²) in [6.07, 6.45) is 2.31. The smallest absolute Gasteiger partial charge is 0.204 e. The summed E-state index contributed by atoms with van der Waals surface area (Å²) in [4.78, 5) is 15.9. The summed E-state index contributed by atoms with van der Waals surface area (Å²) < 4.78 is 1.54. The third-order valence-electron chi connectivity index (χ3n) is 2.79. The monoisotopic (exact) mass is 194 g/mol. The number of aryl methyl sites for hydroxylation is 1. The molecule has 2 unspecified atom stereocenters. The quantitative estimate of drug-likeness (QED) is 0.673. The highest BCUT2D eigenvalue weighted by molar-refractivity contribution is 5.95. The lowest BCUT2D eigenvalue weighted by atomic mass is 9.96. The van der Waals surface area contributed by atoms with Gasteiger partial charge in [0.1, 0.15) is 6.33 Å². The SMILES string of the molecule is CC1NCCC1C(=O)c1ncnn1C. The molecule has 0 aromatic carbocycles. The second-order valence-electron chi connectivity index (χ2n) is 3.71. The van der Waals surface area contributed by atoms with Gasteiger partial charge in [-0.3, -0.25) is 4.79 Å². The number of hydrogen-bond acceptors (Lipinski definition) is 4. The molecule has 0 bridgehead atoms. The molecule has 14 heavy (non-hydrogen) atoms. The lowest BCUT2D eigenvalue weighted by Crippen LogP contribution is -2.29. The average molecular weight is 194 g/mol. The van der Waals surface area contributed by atoms with Crippen LogP contribution in [0.5, 0.6) is 0 Å². The first-order valence-corrected chi connectivity index (χ1v) is 4.81. The zero-order valence-corrected chi connectivity index (χ0v) is 8.40. The molecule has 1 aromatic heterocycles. The number of aromatic nitrogens is 3. The lowest BCUT2D eigenvalue weighted by molar-refractivity contribution is 0.0899. The molecule has 5 nitrogen and oxygen atoms in total. The van der Waals surface area contributed by atoms with E-state index in [0.29, 0.717) is 5.82 Å². The van der Waals surface area contributed by atoms with Gasteiger partial charge in [-0.25, -0.2) is 9.67 Å². The molecular weight excluding hydrogens is 180 g/mol. The molecule has 1 aliphatic rings. The molecule has 2 heterocycles. The van der Waals surface area contributed by atoms with E-state index in [1.807, 2.05) is 6.92 Å². The molecule has 0 aliphatic carbocycles. The Morgan fingerprint density at radius 3 is 3.00 bits per heavy atom. The van der Waals surface area contributed by atoms with Gasteiger partial charge in [0, 0.05) is 19.0 Å². The summed E-state index contributed by atoms with van der Waals surface area (Å²) in [6.45, 7) is 2.95. The molecule has 0 amide bonds. The van der Waals surface area contributed by atoms with Crippen LogP contribution in [-0.2, 0) is 7.05 Å². The summed E-state index contributed by atoms with van der Waals surface area (Å²) >= 11 is 0. The van der Waals surface area contributed by atoms with Crippen LogP contribution in [0.25, 0.3) is 0 Å². The van der Waals surface area contributed by atoms with Crippen molar-refractivity contribution in [1.29, 1.82) is 0 Å². The Hall–Kier alpha value is -1.23. The summed E-state index contributed by atoms with van der Waals surface area (Å²) in [5, 5.41) is 7.15. The molecule has 1 aliphatic heterocycles. The van der Waals surface area contributed by atoms with Crippen LogP contribution in [0.1, 0.15) is 24.0 Å². The van der Waals surface area contributed by atoms with E-state index >= 15 is 0 Å². The third-order valence-corrected chi connectivity index (χ3v) is 2.79. The second kappa shape index (κ2) is 3.49. The predicted octanol–water partition coefficient (Wildman–Crippen LogP) is -0.00420. The molecule has 2 atom stereocenters. The molecule has 0 saturated carbocycles. The topological polar surface area (TPSA) is 59.8 Å². The van der Waals surface area contributed by atoms with Crippen LogP contribution in [0.4, 0.5) is 0 Å². The molecule has 0 spiro atoms. The van der Waals surface area contributed by atoms with Crippen molar-refractivity contribution in [2.75, 3.05) is 6.54 Å². The van der Waals surface area contributed by atoms with Crippen LogP contribution in [0, 0.1) is 5.92 Å². The molecule has 2 rings (SSSR count). The van der Waals surface area contributed by atoms with Gasteiger partial charge in [0.05, 0.1) is 0 Å².